The van der Waals surface area contributed by atoms with Crippen molar-refractivity contribution in [2.24, 2.45) is 0 Å². The standard InChI is InChI=1S/C18H20N2O2/c1-22-17-9-5-8-16(19-17)15-10-11-18(21)20(13-15)12-14-6-3-2-4-7-14/h2-9,15H,10-13H2,1H3/t15-/m0/s1. The number of benzene rings is 1. The molecule has 0 radical (unpaired) electrons. The van der Waals surface area contributed by atoms with Crippen LogP contribution in [0.15, 0.2) is 48.5 Å². The van der Waals surface area contributed by atoms with Gasteiger partial charge >= 0.3 is 0 Å². The minimum Gasteiger partial charge on any atom is -0.481 e. The van der Waals surface area contributed by atoms with Crippen molar-refractivity contribution in [1.29, 1.82) is 0 Å². The molecule has 0 unspecified atom stereocenters. The largest absolute Gasteiger partial charge is 0.481 e. The first-order valence-corrected chi connectivity index (χ1v) is 7.59. The molecular weight excluding hydrogens is 276 g/mol. The maximum Gasteiger partial charge on any atom is 0.222 e. The molecule has 1 aromatic heterocycles. The Morgan fingerprint density at radius 2 is 2.00 bits per heavy atom. The van der Waals surface area contributed by atoms with Crippen molar-refractivity contribution in [2.75, 3.05) is 13.7 Å². The predicted octanol–water partition coefficient (Wildman–Crippen LogP) is 3.00. The minimum absolute atomic E-state index is 0.225. The van der Waals surface area contributed by atoms with E-state index in [9.17, 15) is 4.79 Å². The predicted molar refractivity (Wildman–Crippen MR) is 84.6 cm³/mol. The fourth-order valence-electron chi connectivity index (χ4n) is 2.88. The van der Waals surface area contributed by atoms with Crippen LogP contribution >= 0.6 is 0 Å². The Morgan fingerprint density at radius 3 is 2.77 bits per heavy atom. The van der Waals surface area contributed by atoms with Gasteiger partial charge in [0.05, 0.1) is 7.11 Å². The van der Waals surface area contributed by atoms with Crippen molar-refractivity contribution in [1.82, 2.24) is 9.88 Å². The summed E-state index contributed by atoms with van der Waals surface area (Å²) in [4.78, 5) is 18.6. The molecule has 0 bridgehead atoms. The van der Waals surface area contributed by atoms with Crippen molar-refractivity contribution >= 4 is 5.91 Å². The molecular formula is C18H20N2O2. The summed E-state index contributed by atoms with van der Waals surface area (Å²) in [5, 5.41) is 0. The molecule has 0 saturated carbocycles. The Balaban J connectivity index is 1.74. The van der Waals surface area contributed by atoms with E-state index in [-0.39, 0.29) is 11.8 Å². The number of hydrogen-bond acceptors (Lipinski definition) is 3. The number of aromatic nitrogens is 1. The molecule has 0 N–H and O–H groups in total. The summed E-state index contributed by atoms with van der Waals surface area (Å²) in [6.45, 7) is 1.38. The summed E-state index contributed by atoms with van der Waals surface area (Å²) in [5.74, 6) is 1.13. The molecule has 4 nitrogen and oxygen atoms in total. The third kappa shape index (κ3) is 3.27. The number of piperidine rings is 1. The van der Waals surface area contributed by atoms with Gasteiger partial charge in [0.25, 0.3) is 0 Å². The first-order valence-electron chi connectivity index (χ1n) is 7.59. The topological polar surface area (TPSA) is 42.4 Å². The molecule has 1 aliphatic heterocycles. The molecule has 114 valence electrons. The Kier molecular flexibility index (Phi) is 4.37. The number of pyridine rings is 1. The van der Waals surface area contributed by atoms with E-state index in [2.05, 4.69) is 17.1 Å². The van der Waals surface area contributed by atoms with Crippen LogP contribution in [0.3, 0.4) is 0 Å². The van der Waals surface area contributed by atoms with E-state index in [1.807, 2.05) is 41.3 Å². The van der Waals surface area contributed by atoms with Crippen LogP contribution in [0.5, 0.6) is 5.88 Å². The van der Waals surface area contributed by atoms with E-state index in [1.165, 1.54) is 0 Å². The first kappa shape index (κ1) is 14.6. The molecule has 1 aromatic carbocycles. The average Bonchev–Trinajstić information content (AvgIpc) is 2.58. The summed E-state index contributed by atoms with van der Waals surface area (Å²) in [5.41, 5.74) is 2.17. The number of rotatable bonds is 4. The van der Waals surface area contributed by atoms with Crippen LogP contribution in [0.2, 0.25) is 0 Å². The van der Waals surface area contributed by atoms with Crippen LogP contribution in [0.4, 0.5) is 0 Å². The number of methoxy groups -OCH3 is 1. The molecule has 3 rings (SSSR count). The highest BCUT2D eigenvalue weighted by Gasteiger charge is 2.27. The van der Waals surface area contributed by atoms with Gasteiger partial charge in [0.1, 0.15) is 0 Å². The second-order valence-corrected chi connectivity index (χ2v) is 5.60. The van der Waals surface area contributed by atoms with Crippen LogP contribution in [0.1, 0.15) is 30.0 Å². The molecule has 1 saturated heterocycles. The lowest BCUT2D eigenvalue weighted by atomic mass is 9.93. The van der Waals surface area contributed by atoms with Crippen LogP contribution in [0.25, 0.3) is 0 Å². The van der Waals surface area contributed by atoms with Gasteiger partial charge in [-0.05, 0) is 18.1 Å². The van der Waals surface area contributed by atoms with Crippen molar-refractivity contribution in [3.05, 3.63) is 59.8 Å². The summed E-state index contributed by atoms with van der Waals surface area (Å²) in [6.07, 6.45) is 1.43. The van der Waals surface area contributed by atoms with Gasteiger partial charge in [-0.3, -0.25) is 4.79 Å². The Morgan fingerprint density at radius 1 is 1.18 bits per heavy atom. The van der Waals surface area contributed by atoms with Gasteiger partial charge in [0.2, 0.25) is 11.8 Å². The summed E-state index contributed by atoms with van der Waals surface area (Å²) in [7, 11) is 1.62. The number of carbonyl (C=O) groups is 1. The van der Waals surface area contributed by atoms with Gasteiger partial charge in [-0.15, -0.1) is 0 Å². The zero-order valence-corrected chi connectivity index (χ0v) is 12.7. The number of hydrogen-bond donors (Lipinski definition) is 0. The van der Waals surface area contributed by atoms with Crippen molar-refractivity contribution in [2.45, 2.75) is 25.3 Å². The molecule has 1 fully saturated rings. The molecule has 22 heavy (non-hydrogen) atoms. The number of carbonyl (C=O) groups excluding carboxylic acids is 1. The summed E-state index contributed by atoms with van der Waals surface area (Å²) < 4.78 is 5.20. The van der Waals surface area contributed by atoms with E-state index in [4.69, 9.17) is 4.74 Å². The second kappa shape index (κ2) is 6.60. The van der Waals surface area contributed by atoms with Gasteiger partial charge in [-0.1, -0.05) is 36.4 Å². The fourth-order valence-corrected chi connectivity index (χ4v) is 2.88. The maximum atomic E-state index is 12.2. The number of amides is 1. The SMILES string of the molecule is COc1cccc([C@H]2CCC(=O)N(Cc3ccccc3)C2)n1. The third-order valence-corrected chi connectivity index (χ3v) is 4.09. The van der Waals surface area contributed by atoms with Crippen LogP contribution in [0, 0.1) is 0 Å². The molecule has 0 spiro atoms. The lowest BCUT2D eigenvalue weighted by Crippen LogP contribution is -2.38. The van der Waals surface area contributed by atoms with Gasteiger partial charge < -0.3 is 9.64 Å². The Hall–Kier alpha value is -2.36. The zero-order valence-electron chi connectivity index (χ0n) is 12.7. The zero-order chi connectivity index (χ0) is 15.4. The van der Waals surface area contributed by atoms with Crippen molar-refractivity contribution < 1.29 is 9.53 Å². The normalized spacial score (nSPS) is 18.3. The van der Waals surface area contributed by atoms with Gasteiger partial charge in [0.15, 0.2) is 0 Å². The molecule has 1 atom stereocenters. The van der Waals surface area contributed by atoms with Gasteiger partial charge in [-0.2, -0.15) is 0 Å². The van der Waals surface area contributed by atoms with E-state index < -0.39 is 0 Å². The lowest BCUT2D eigenvalue weighted by molar-refractivity contribution is -0.134. The summed E-state index contributed by atoms with van der Waals surface area (Å²) >= 11 is 0. The van der Waals surface area contributed by atoms with E-state index >= 15 is 0 Å². The highest BCUT2D eigenvalue weighted by atomic mass is 16.5. The smallest absolute Gasteiger partial charge is 0.222 e. The highest BCUT2D eigenvalue weighted by molar-refractivity contribution is 5.77. The van der Waals surface area contributed by atoms with Crippen molar-refractivity contribution in [3.8, 4) is 5.88 Å². The Bertz CT molecular complexity index is 643. The van der Waals surface area contributed by atoms with Gasteiger partial charge in [0, 0.05) is 37.2 Å². The minimum atomic E-state index is 0.225. The van der Waals surface area contributed by atoms with Gasteiger partial charge in [-0.25, -0.2) is 4.98 Å². The highest BCUT2D eigenvalue weighted by Crippen LogP contribution is 2.28. The average molecular weight is 296 g/mol. The molecule has 2 aromatic rings. The fraction of sp³-hybridized carbons (Fsp3) is 0.333. The van der Waals surface area contributed by atoms with Crippen molar-refractivity contribution in [3.63, 3.8) is 0 Å². The molecule has 4 heteroatoms. The number of ether oxygens (including phenoxy) is 1. The van der Waals surface area contributed by atoms with E-state index in [0.717, 1.165) is 17.7 Å². The van der Waals surface area contributed by atoms with E-state index in [1.54, 1.807) is 7.11 Å². The van der Waals surface area contributed by atoms with Crippen LogP contribution < -0.4 is 4.74 Å². The third-order valence-electron chi connectivity index (χ3n) is 4.09. The monoisotopic (exact) mass is 296 g/mol. The molecule has 0 aliphatic carbocycles. The number of likely N-dealkylation sites (tertiary alicyclic amines) is 1. The second-order valence-electron chi connectivity index (χ2n) is 5.60. The maximum absolute atomic E-state index is 12.2. The molecule has 1 aliphatic rings. The molecule has 2 heterocycles. The van der Waals surface area contributed by atoms with Crippen LogP contribution in [-0.4, -0.2) is 29.4 Å². The van der Waals surface area contributed by atoms with E-state index in [0.29, 0.717) is 25.4 Å². The first-order chi connectivity index (χ1) is 10.8. The van der Waals surface area contributed by atoms with Crippen LogP contribution in [-0.2, 0) is 11.3 Å². The molecule has 1 amide bonds. The summed E-state index contributed by atoms with van der Waals surface area (Å²) in [6, 6.07) is 15.9. The Labute approximate surface area is 130 Å². The quantitative estimate of drug-likeness (QED) is 0.871. The number of nitrogens with zero attached hydrogens (tertiary/aromatic N) is 2. The lowest BCUT2D eigenvalue weighted by Gasteiger charge is -2.32.